The topological polar surface area (TPSA) is 55.1 Å². The number of carboxylic acid groups (broad SMARTS) is 1. The highest BCUT2D eigenvalue weighted by atomic mass is 16.4. The van der Waals surface area contributed by atoms with Gasteiger partial charge < -0.3 is 9.67 Å². The molecule has 0 saturated heterocycles. The molecule has 1 heterocycles. The van der Waals surface area contributed by atoms with E-state index in [1.165, 1.54) is 25.7 Å². The number of fused-ring (bicyclic) bond motifs is 1. The zero-order valence-electron chi connectivity index (χ0n) is 11.1. The van der Waals surface area contributed by atoms with Crippen molar-refractivity contribution in [2.45, 2.75) is 39.2 Å². The Morgan fingerprint density at radius 2 is 2.16 bits per heavy atom. The molecule has 0 aliphatic heterocycles. The van der Waals surface area contributed by atoms with Crippen molar-refractivity contribution in [3.63, 3.8) is 0 Å². The average molecular weight is 258 g/mol. The second kappa shape index (κ2) is 4.37. The van der Waals surface area contributed by atoms with E-state index in [1.807, 2.05) is 6.07 Å². The number of imidazole rings is 1. The third-order valence-electron chi connectivity index (χ3n) is 4.24. The normalized spacial score (nSPS) is 17.9. The van der Waals surface area contributed by atoms with Crippen LogP contribution in [0.5, 0.6) is 0 Å². The van der Waals surface area contributed by atoms with Gasteiger partial charge in [0.05, 0.1) is 17.4 Å². The summed E-state index contributed by atoms with van der Waals surface area (Å²) in [6.45, 7) is 3.24. The Balaban J connectivity index is 2.01. The molecule has 2 aromatic rings. The molecular weight excluding hydrogens is 240 g/mol. The molecule has 1 aromatic carbocycles. The first-order valence-corrected chi connectivity index (χ1v) is 6.76. The van der Waals surface area contributed by atoms with E-state index in [1.54, 1.807) is 18.5 Å². The Morgan fingerprint density at radius 3 is 2.84 bits per heavy atom. The summed E-state index contributed by atoms with van der Waals surface area (Å²) in [4.78, 5) is 15.5. The van der Waals surface area contributed by atoms with E-state index < -0.39 is 5.97 Å². The first-order valence-electron chi connectivity index (χ1n) is 6.76. The Labute approximate surface area is 112 Å². The molecule has 1 fully saturated rings. The molecule has 1 saturated carbocycles. The fourth-order valence-corrected chi connectivity index (χ4v) is 3.18. The quantitative estimate of drug-likeness (QED) is 0.918. The van der Waals surface area contributed by atoms with Crippen molar-refractivity contribution in [2.75, 3.05) is 0 Å². The molecule has 0 atom stereocenters. The molecule has 19 heavy (non-hydrogen) atoms. The van der Waals surface area contributed by atoms with E-state index in [-0.39, 0.29) is 5.56 Å². The predicted molar refractivity (Wildman–Crippen MR) is 73.3 cm³/mol. The lowest BCUT2D eigenvalue weighted by molar-refractivity contribution is 0.0699. The zero-order chi connectivity index (χ0) is 13.5. The highest BCUT2D eigenvalue weighted by Crippen LogP contribution is 2.39. The van der Waals surface area contributed by atoms with Crippen LogP contribution in [-0.4, -0.2) is 20.6 Å². The van der Waals surface area contributed by atoms with E-state index in [4.69, 9.17) is 0 Å². The Morgan fingerprint density at radius 1 is 1.42 bits per heavy atom. The van der Waals surface area contributed by atoms with Crippen LogP contribution < -0.4 is 0 Å². The van der Waals surface area contributed by atoms with Crippen molar-refractivity contribution in [3.8, 4) is 0 Å². The number of aromatic carboxylic acids is 1. The lowest BCUT2D eigenvalue weighted by Crippen LogP contribution is -2.19. The fraction of sp³-hybridized carbons (Fsp3) is 0.467. The number of carboxylic acids is 1. The second-order valence-electron chi connectivity index (χ2n) is 5.87. The van der Waals surface area contributed by atoms with E-state index in [0.29, 0.717) is 10.9 Å². The number of hydrogen-bond donors (Lipinski definition) is 1. The summed E-state index contributed by atoms with van der Waals surface area (Å²) in [5.74, 6) is -0.914. The summed E-state index contributed by atoms with van der Waals surface area (Å²) < 4.78 is 2.10. The van der Waals surface area contributed by atoms with Gasteiger partial charge in [0, 0.05) is 6.54 Å². The summed E-state index contributed by atoms with van der Waals surface area (Å²) >= 11 is 0. The minimum Gasteiger partial charge on any atom is -0.478 e. The molecule has 0 radical (unpaired) electrons. The number of benzene rings is 1. The van der Waals surface area contributed by atoms with Crippen LogP contribution in [-0.2, 0) is 6.54 Å². The molecular formula is C15H18N2O2. The van der Waals surface area contributed by atoms with Gasteiger partial charge in [0.15, 0.2) is 0 Å². The Hall–Kier alpha value is -1.84. The van der Waals surface area contributed by atoms with Crippen LogP contribution in [0.4, 0.5) is 0 Å². The fourth-order valence-electron chi connectivity index (χ4n) is 3.18. The van der Waals surface area contributed by atoms with Gasteiger partial charge >= 0.3 is 5.97 Å². The monoisotopic (exact) mass is 258 g/mol. The maximum absolute atomic E-state index is 11.2. The molecule has 0 unspecified atom stereocenters. The minimum atomic E-state index is -0.914. The second-order valence-corrected chi connectivity index (χ2v) is 5.87. The van der Waals surface area contributed by atoms with Gasteiger partial charge in [-0.3, -0.25) is 0 Å². The lowest BCUT2D eigenvalue weighted by atomic mass is 9.89. The van der Waals surface area contributed by atoms with Gasteiger partial charge in [-0.15, -0.1) is 0 Å². The van der Waals surface area contributed by atoms with Crippen molar-refractivity contribution in [1.82, 2.24) is 9.55 Å². The van der Waals surface area contributed by atoms with Gasteiger partial charge in [-0.25, -0.2) is 9.78 Å². The molecule has 0 bridgehead atoms. The number of aromatic nitrogens is 2. The Kier molecular flexibility index (Phi) is 2.81. The van der Waals surface area contributed by atoms with Crippen LogP contribution in [0, 0.1) is 5.41 Å². The van der Waals surface area contributed by atoms with Gasteiger partial charge in [-0.05, 0) is 30.4 Å². The first kappa shape index (κ1) is 12.2. The van der Waals surface area contributed by atoms with Crippen molar-refractivity contribution in [1.29, 1.82) is 0 Å². The van der Waals surface area contributed by atoms with Crippen LogP contribution in [0.25, 0.3) is 11.0 Å². The van der Waals surface area contributed by atoms with Crippen LogP contribution in [0.2, 0.25) is 0 Å². The maximum atomic E-state index is 11.2. The van der Waals surface area contributed by atoms with E-state index in [0.717, 1.165) is 12.1 Å². The molecule has 0 amide bonds. The molecule has 1 aliphatic carbocycles. The van der Waals surface area contributed by atoms with Crippen LogP contribution in [0.3, 0.4) is 0 Å². The number of carbonyl (C=O) groups is 1. The zero-order valence-corrected chi connectivity index (χ0v) is 11.1. The molecule has 1 N–H and O–H groups in total. The molecule has 1 aliphatic rings. The standard InChI is InChI=1S/C15H18N2O2/c1-15(7-2-3-8-15)9-17-10-16-13-11(14(18)19)5-4-6-12(13)17/h4-6,10H,2-3,7-9H2,1H3,(H,18,19). The number of para-hydroxylation sites is 1. The van der Waals surface area contributed by atoms with Gasteiger partial charge in [0.1, 0.15) is 5.52 Å². The van der Waals surface area contributed by atoms with Crippen molar-refractivity contribution in [2.24, 2.45) is 5.41 Å². The third-order valence-corrected chi connectivity index (χ3v) is 4.24. The van der Waals surface area contributed by atoms with Gasteiger partial charge in [0.25, 0.3) is 0 Å². The third kappa shape index (κ3) is 2.11. The van der Waals surface area contributed by atoms with Crippen LogP contribution in [0.1, 0.15) is 43.0 Å². The Bertz CT molecular complexity index is 624. The van der Waals surface area contributed by atoms with Crippen LogP contribution in [0.15, 0.2) is 24.5 Å². The SMILES string of the molecule is CC1(Cn2cnc3c(C(=O)O)cccc32)CCCC1. The van der Waals surface area contributed by atoms with E-state index >= 15 is 0 Å². The average Bonchev–Trinajstić information content (AvgIpc) is 2.97. The molecule has 4 heteroatoms. The summed E-state index contributed by atoms with van der Waals surface area (Å²) in [5, 5.41) is 9.18. The van der Waals surface area contributed by atoms with E-state index in [9.17, 15) is 9.90 Å². The largest absolute Gasteiger partial charge is 0.478 e. The first-order chi connectivity index (χ1) is 9.09. The summed E-state index contributed by atoms with van der Waals surface area (Å²) in [6.07, 6.45) is 6.85. The van der Waals surface area contributed by atoms with Crippen molar-refractivity contribution in [3.05, 3.63) is 30.1 Å². The minimum absolute atomic E-state index is 0.285. The molecule has 0 spiro atoms. The van der Waals surface area contributed by atoms with E-state index in [2.05, 4.69) is 16.5 Å². The number of rotatable bonds is 3. The van der Waals surface area contributed by atoms with Gasteiger partial charge in [0.2, 0.25) is 0 Å². The molecule has 4 nitrogen and oxygen atoms in total. The van der Waals surface area contributed by atoms with Gasteiger partial charge in [-0.2, -0.15) is 0 Å². The highest BCUT2D eigenvalue weighted by molar-refractivity contribution is 6.00. The maximum Gasteiger partial charge on any atom is 0.337 e. The summed E-state index contributed by atoms with van der Waals surface area (Å²) in [7, 11) is 0. The number of nitrogens with zero attached hydrogens (tertiary/aromatic N) is 2. The summed E-state index contributed by atoms with van der Waals surface area (Å²) in [6, 6.07) is 5.35. The predicted octanol–water partition coefficient (Wildman–Crippen LogP) is 3.31. The molecule has 1 aromatic heterocycles. The lowest BCUT2D eigenvalue weighted by Gasteiger charge is -2.24. The number of hydrogen-bond acceptors (Lipinski definition) is 2. The van der Waals surface area contributed by atoms with Crippen LogP contribution >= 0.6 is 0 Å². The van der Waals surface area contributed by atoms with Crippen molar-refractivity contribution >= 4 is 17.0 Å². The van der Waals surface area contributed by atoms with Crippen molar-refractivity contribution < 1.29 is 9.90 Å². The molecule has 100 valence electrons. The highest BCUT2D eigenvalue weighted by Gasteiger charge is 2.29. The molecule has 3 rings (SSSR count). The smallest absolute Gasteiger partial charge is 0.337 e. The summed E-state index contributed by atoms with van der Waals surface area (Å²) in [5.41, 5.74) is 2.13. The van der Waals surface area contributed by atoms with Gasteiger partial charge in [-0.1, -0.05) is 25.8 Å².